The fraction of sp³-hybridized carbons (Fsp3) is 0.308. The van der Waals surface area contributed by atoms with Crippen molar-refractivity contribution in [1.82, 2.24) is 5.32 Å². The van der Waals surface area contributed by atoms with Crippen LogP contribution in [0.1, 0.15) is 17.3 Å². The van der Waals surface area contributed by atoms with E-state index < -0.39 is 41.9 Å². The minimum Gasteiger partial charge on any atom is -0.459 e. The summed E-state index contributed by atoms with van der Waals surface area (Å²) in [4.78, 5) is 34.3. The Morgan fingerprint density at radius 2 is 1.91 bits per heavy atom. The van der Waals surface area contributed by atoms with Gasteiger partial charge < -0.3 is 14.8 Å². The molecule has 10 heteroatoms. The number of benzene rings is 1. The maximum atomic E-state index is 12.3. The molecule has 0 unspecified atom stereocenters. The SMILES string of the molecule is CCOC(=O)C(=O)NCC(=O)c1cc(Br)ccc1OC(F)(F)F. The van der Waals surface area contributed by atoms with Crippen molar-refractivity contribution in [1.29, 1.82) is 0 Å². The summed E-state index contributed by atoms with van der Waals surface area (Å²) >= 11 is 3.02. The second-order valence-electron chi connectivity index (χ2n) is 4.01. The zero-order valence-corrected chi connectivity index (χ0v) is 13.3. The van der Waals surface area contributed by atoms with Crippen LogP contribution in [-0.4, -0.2) is 37.2 Å². The van der Waals surface area contributed by atoms with Gasteiger partial charge in [-0.05, 0) is 25.1 Å². The molecule has 0 spiro atoms. The molecule has 0 fully saturated rings. The molecule has 1 aromatic carbocycles. The van der Waals surface area contributed by atoms with Gasteiger partial charge in [-0.25, -0.2) is 4.79 Å². The molecule has 1 aromatic rings. The quantitative estimate of drug-likeness (QED) is 0.468. The second-order valence-corrected chi connectivity index (χ2v) is 4.93. The van der Waals surface area contributed by atoms with Gasteiger partial charge in [0.1, 0.15) is 5.75 Å². The number of carbonyl (C=O) groups excluding carboxylic acids is 3. The van der Waals surface area contributed by atoms with Crippen LogP contribution in [0.3, 0.4) is 0 Å². The van der Waals surface area contributed by atoms with Crippen molar-refractivity contribution in [2.75, 3.05) is 13.2 Å². The maximum absolute atomic E-state index is 12.3. The summed E-state index contributed by atoms with van der Waals surface area (Å²) in [6, 6.07) is 3.33. The van der Waals surface area contributed by atoms with Crippen molar-refractivity contribution in [3.63, 3.8) is 0 Å². The van der Waals surface area contributed by atoms with Crippen molar-refractivity contribution in [3.05, 3.63) is 28.2 Å². The maximum Gasteiger partial charge on any atom is 0.573 e. The third-order valence-electron chi connectivity index (χ3n) is 2.34. The minimum absolute atomic E-state index is 0.0323. The van der Waals surface area contributed by atoms with Crippen LogP contribution in [0, 0.1) is 0 Å². The lowest BCUT2D eigenvalue weighted by Gasteiger charge is -2.13. The Hall–Kier alpha value is -2.10. The molecule has 0 saturated heterocycles. The van der Waals surface area contributed by atoms with Crippen LogP contribution in [-0.2, 0) is 14.3 Å². The monoisotopic (exact) mass is 397 g/mol. The molecule has 126 valence electrons. The van der Waals surface area contributed by atoms with Crippen LogP contribution in [0.15, 0.2) is 22.7 Å². The van der Waals surface area contributed by atoms with Crippen molar-refractivity contribution in [2.24, 2.45) is 0 Å². The molecule has 6 nitrogen and oxygen atoms in total. The van der Waals surface area contributed by atoms with Crippen LogP contribution in [0.4, 0.5) is 13.2 Å². The normalized spacial score (nSPS) is 10.8. The third kappa shape index (κ3) is 6.27. The van der Waals surface area contributed by atoms with Crippen LogP contribution in [0.5, 0.6) is 5.75 Å². The van der Waals surface area contributed by atoms with E-state index in [0.717, 1.165) is 12.1 Å². The van der Waals surface area contributed by atoms with E-state index in [1.807, 2.05) is 5.32 Å². The van der Waals surface area contributed by atoms with Crippen LogP contribution >= 0.6 is 15.9 Å². The number of ketones is 1. The molecule has 0 aliphatic heterocycles. The first kappa shape index (κ1) is 18.9. The predicted octanol–water partition coefficient (Wildman–Crippen LogP) is 2.21. The first-order valence-electron chi connectivity index (χ1n) is 6.17. The predicted molar refractivity (Wildman–Crippen MR) is 74.8 cm³/mol. The van der Waals surface area contributed by atoms with E-state index in [1.165, 1.54) is 13.0 Å². The van der Waals surface area contributed by atoms with E-state index in [0.29, 0.717) is 4.47 Å². The molecular formula is C13H11BrF3NO5. The van der Waals surface area contributed by atoms with Crippen molar-refractivity contribution in [3.8, 4) is 5.75 Å². The molecule has 0 aliphatic rings. The number of alkyl halides is 3. The Bertz CT molecular complexity index is 618. The topological polar surface area (TPSA) is 81.7 Å². The Morgan fingerprint density at radius 1 is 1.26 bits per heavy atom. The van der Waals surface area contributed by atoms with Crippen LogP contribution < -0.4 is 10.1 Å². The van der Waals surface area contributed by atoms with Gasteiger partial charge in [0.25, 0.3) is 0 Å². The number of ether oxygens (including phenoxy) is 2. The number of hydrogen-bond acceptors (Lipinski definition) is 5. The summed E-state index contributed by atoms with van der Waals surface area (Å²) in [5, 5.41) is 1.96. The van der Waals surface area contributed by atoms with Gasteiger partial charge in [0.05, 0.1) is 18.7 Å². The Kier molecular flexibility index (Phi) is 6.55. The Labute approximate surface area is 137 Å². The van der Waals surface area contributed by atoms with Gasteiger partial charge in [0.15, 0.2) is 5.78 Å². The molecule has 0 radical (unpaired) electrons. The molecule has 0 aromatic heterocycles. The number of carbonyl (C=O) groups is 3. The number of esters is 1. The van der Waals surface area contributed by atoms with Crippen molar-refractivity contribution >= 4 is 33.6 Å². The van der Waals surface area contributed by atoms with Gasteiger partial charge in [-0.3, -0.25) is 9.59 Å². The van der Waals surface area contributed by atoms with Gasteiger partial charge in [-0.1, -0.05) is 15.9 Å². The number of rotatable bonds is 5. The van der Waals surface area contributed by atoms with Gasteiger partial charge in [-0.15, -0.1) is 13.2 Å². The molecule has 1 rings (SSSR count). The average Bonchev–Trinajstić information content (AvgIpc) is 2.45. The highest BCUT2D eigenvalue weighted by Crippen LogP contribution is 2.29. The number of nitrogens with one attached hydrogen (secondary N) is 1. The summed E-state index contributed by atoms with van der Waals surface area (Å²) in [6.07, 6.45) is -4.98. The summed E-state index contributed by atoms with van der Waals surface area (Å²) in [5.41, 5.74) is -0.402. The molecule has 0 saturated carbocycles. The van der Waals surface area contributed by atoms with E-state index in [4.69, 9.17) is 0 Å². The first-order chi connectivity index (χ1) is 10.6. The molecule has 0 aliphatic carbocycles. The lowest BCUT2D eigenvalue weighted by atomic mass is 10.1. The summed E-state index contributed by atoms with van der Waals surface area (Å²) in [7, 11) is 0. The highest BCUT2D eigenvalue weighted by molar-refractivity contribution is 9.10. The van der Waals surface area contributed by atoms with Crippen molar-refractivity contribution in [2.45, 2.75) is 13.3 Å². The molecule has 23 heavy (non-hydrogen) atoms. The molecule has 1 N–H and O–H groups in total. The molecule has 0 bridgehead atoms. The lowest BCUT2D eigenvalue weighted by Crippen LogP contribution is -2.36. The van der Waals surface area contributed by atoms with E-state index in [2.05, 4.69) is 25.4 Å². The zero-order valence-electron chi connectivity index (χ0n) is 11.7. The standard InChI is InChI=1S/C13H11BrF3NO5/c1-2-22-12(21)11(20)18-6-9(19)8-5-7(14)3-4-10(8)23-13(15,16)17/h3-5H,2,6H2,1H3,(H,18,20). The van der Waals surface area contributed by atoms with E-state index in [9.17, 15) is 27.6 Å². The zero-order chi connectivity index (χ0) is 17.6. The second kappa shape index (κ2) is 7.95. The highest BCUT2D eigenvalue weighted by Gasteiger charge is 2.33. The first-order valence-corrected chi connectivity index (χ1v) is 6.96. The summed E-state index contributed by atoms with van der Waals surface area (Å²) < 4.78 is 45.4. The fourth-order valence-corrected chi connectivity index (χ4v) is 1.82. The summed E-state index contributed by atoms with van der Waals surface area (Å²) in [5.74, 6) is -3.95. The Balaban J connectivity index is 2.85. The van der Waals surface area contributed by atoms with Crippen LogP contribution in [0.2, 0.25) is 0 Å². The summed E-state index contributed by atoms with van der Waals surface area (Å²) in [6.45, 7) is 0.760. The molecular weight excluding hydrogens is 387 g/mol. The highest BCUT2D eigenvalue weighted by atomic mass is 79.9. The van der Waals surface area contributed by atoms with Crippen molar-refractivity contribution < 1.29 is 37.0 Å². The fourth-order valence-electron chi connectivity index (χ4n) is 1.46. The van der Waals surface area contributed by atoms with Gasteiger partial charge >= 0.3 is 18.2 Å². The molecule has 0 atom stereocenters. The lowest BCUT2D eigenvalue weighted by molar-refractivity contribution is -0.274. The smallest absolute Gasteiger partial charge is 0.459 e. The van der Waals surface area contributed by atoms with E-state index in [1.54, 1.807) is 0 Å². The largest absolute Gasteiger partial charge is 0.573 e. The third-order valence-corrected chi connectivity index (χ3v) is 2.83. The molecule has 0 heterocycles. The van der Waals surface area contributed by atoms with Gasteiger partial charge in [-0.2, -0.15) is 0 Å². The number of hydrogen-bond donors (Lipinski definition) is 1. The van der Waals surface area contributed by atoms with Crippen LogP contribution in [0.25, 0.3) is 0 Å². The molecule has 1 amide bonds. The number of amides is 1. The average molecular weight is 398 g/mol. The number of Topliss-reactive ketones (excluding diaryl/α,β-unsaturated/α-hetero) is 1. The van der Waals surface area contributed by atoms with E-state index in [-0.39, 0.29) is 6.61 Å². The number of halogens is 4. The Morgan fingerprint density at radius 3 is 2.48 bits per heavy atom. The van der Waals surface area contributed by atoms with E-state index >= 15 is 0 Å². The van der Waals surface area contributed by atoms with Gasteiger partial charge in [0, 0.05) is 4.47 Å². The van der Waals surface area contributed by atoms with Gasteiger partial charge in [0.2, 0.25) is 0 Å². The minimum atomic E-state index is -4.98.